The Morgan fingerprint density at radius 2 is 2.07 bits per heavy atom. The Hall–Kier alpha value is -0.370. The van der Waals surface area contributed by atoms with Gasteiger partial charge in [-0.1, -0.05) is 13.3 Å². The molecule has 0 aromatic rings. The molecule has 2 aliphatic rings. The van der Waals surface area contributed by atoms with E-state index in [4.69, 9.17) is 0 Å². The minimum absolute atomic E-state index is 0.101. The number of aliphatic hydroxyl groups is 1. The fraction of sp³-hybridized carbons (Fsp3) is 0.917. The van der Waals surface area contributed by atoms with E-state index in [9.17, 15) is 9.90 Å². The fourth-order valence-corrected chi connectivity index (χ4v) is 3.82. The number of ketones is 1. The van der Waals surface area contributed by atoms with Crippen LogP contribution in [0.2, 0.25) is 0 Å². The van der Waals surface area contributed by atoms with Crippen molar-refractivity contribution >= 4 is 5.78 Å². The first kappa shape index (κ1) is 10.2. The average molecular weight is 196 g/mol. The molecule has 1 N–H and O–H groups in total. The van der Waals surface area contributed by atoms with Crippen LogP contribution in [0.4, 0.5) is 0 Å². The first-order valence-corrected chi connectivity index (χ1v) is 5.74. The largest absolute Gasteiger partial charge is 0.393 e. The second kappa shape index (κ2) is 3.34. The summed E-state index contributed by atoms with van der Waals surface area (Å²) in [6.45, 7) is 3.92. The van der Waals surface area contributed by atoms with Crippen molar-refractivity contribution in [1.29, 1.82) is 0 Å². The predicted octanol–water partition coefficient (Wildman–Crippen LogP) is 2.15. The summed E-state index contributed by atoms with van der Waals surface area (Å²) in [4.78, 5) is 11.5. The van der Waals surface area contributed by atoms with Gasteiger partial charge in [-0.15, -0.1) is 0 Å². The molecule has 2 heteroatoms. The van der Waals surface area contributed by atoms with Crippen molar-refractivity contribution in [3.8, 4) is 0 Å². The van der Waals surface area contributed by atoms with Gasteiger partial charge in [0, 0.05) is 5.92 Å². The average Bonchev–Trinajstić information content (AvgIpc) is 2.43. The highest BCUT2D eigenvalue weighted by Crippen LogP contribution is 2.55. The number of aliphatic hydroxyl groups excluding tert-OH is 1. The number of carbonyl (C=O) groups is 1. The summed E-state index contributed by atoms with van der Waals surface area (Å²) >= 11 is 0. The Morgan fingerprint density at radius 3 is 2.71 bits per heavy atom. The molecule has 4 atom stereocenters. The van der Waals surface area contributed by atoms with E-state index in [1.54, 1.807) is 6.92 Å². The van der Waals surface area contributed by atoms with Crippen LogP contribution in [-0.4, -0.2) is 17.0 Å². The molecule has 0 amide bonds. The minimum Gasteiger partial charge on any atom is -0.393 e. The van der Waals surface area contributed by atoms with Gasteiger partial charge in [0.1, 0.15) is 5.78 Å². The van der Waals surface area contributed by atoms with Crippen molar-refractivity contribution < 1.29 is 9.90 Å². The Bertz CT molecular complexity index is 249. The fourth-order valence-electron chi connectivity index (χ4n) is 3.82. The van der Waals surface area contributed by atoms with Gasteiger partial charge in [0.15, 0.2) is 0 Å². The third-order valence-electron chi connectivity index (χ3n) is 4.58. The summed E-state index contributed by atoms with van der Waals surface area (Å²) in [6.07, 6.45) is 5.02. The van der Waals surface area contributed by atoms with Gasteiger partial charge in [-0.2, -0.15) is 0 Å². The number of hydrogen-bond acceptors (Lipinski definition) is 2. The maximum atomic E-state index is 11.5. The lowest BCUT2D eigenvalue weighted by Crippen LogP contribution is -2.41. The molecule has 0 radical (unpaired) electrons. The van der Waals surface area contributed by atoms with E-state index < -0.39 is 0 Å². The Labute approximate surface area is 85.7 Å². The van der Waals surface area contributed by atoms with Crippen LogP contribution in [0.3, 0.4) is 0 Å². The zero-order valence-corrected chi connectivity index (χ0v) is 9.12. The van der Waals surface area contributed by atoms with Crippen LogP contribution < -0.4 is 0 Å². The van der Waals surface area contributed by atoms with Gasteiger partial charge in [0.05, 0.1) is 6.10 Å². The number of rotatable bonds is 1. The minimum atomic E-state index is -0.155. The molecule has 0 unspecified atom stereocenters. The summed E-state index contributed by atoms with van der Waals surface area (Å²) in [5, 5.41) is 9.93. The first-order valence-electron chi connectivity index (χ1n) is 5.74. The van der Waals surface area contributed by atoms with E-state index in [1.165, 1.54) is 0 Å². The normalized spacial score (nSPS) is 47.5. The predicted molar refractivity (Wildman–Crippen MR) is 54.9 cm³/mol. The second-order valence-corrected chi connectivity index (χ2v) is 5.31. The van der Waals surface area contributed by atoms with Gasteiger partial charge < -0.3 is 5.11 Å². The summed E-state index contributed by atoms with van der Waals surface area (Å²) in [5.41, 5.74) is 0.101. The summed E-state index contributed by atoms with van der Waals surface area (Å²) in [5.74, 6) is 0.914. The van der Waals surface area contributed by atoms with E-state index in [1.807, 2.05) is 0 Å². The number of Topliss-reactive ketones (excluding diaryl/α,β-unsaturated/α-hetero) is 1. The Morgan fingerprint density at radius 1 is 1.36 bits per heavy atom. The maximum Gasteiger partial charge on any atom is 0.133 e. The van der Waals surface area contributed by atoms with Gasteiger partial charge in [-0.05, 0) is 43.9 Å². The molecule has 0 bridgehead atoms. The molecule has 2 fully saturated rings. The van der Waals surface area contributed by atoms with Crippen LogP contribution in [0.5, 0.6) is 0 Å². The number of hydrogen-bond donors (Lipinski definition) is 1. The van der Waals surface area contributed by atoms with Crippen LogP contribution in [0.15, 0.2) is 0 Å². The zero-order valence-electron chi connectivity index (χ0n) is 9.12. The lowest BCUT2D eigenvalue weighted by molar-refractivity contribution is -0.126. The van der Waals surface area contributed by atoms with Crippen molar-refractivity contribution in [2.24, 2.45) is 17.3 Å². The van der Waals surface area contributed by atoms with E-state index in [0.29, 0.717) is 11.7 Å². The van der Waals surface area contributed by atoms with Gasteiger partial charge in [-0.25, -0.2) is 0 Å². The van der Waals surface area contributed by atoms with Crippen molar-refractivity contribution in [3.05, 3.63) is 0 Å². The smallest absolute Gasteiger partial charge is 0.133 e. The Kier molecular flexibility index (Phi) is 2.42. The SMILES string of the molecule is CC(=O)[C@H]1CC[C@H]2[C@@H](O)CCC[C@]12C. The highest BCUT2D eigenvalue weighted by Gasteiger charge is 2.52. The van der Waals surface area contributed by atoms with Crippen molar-refractivity contribution in [1.82, 2.24) is 0 Å². The molecule has 2 nitrogen and oxygen atoms in total. The van der Waals surface area contributed by atoms with Crippen molar-refractivity contribution in [2.75, 3.05) is 0 Å². The topological polar surface area (TPSA) is 37.3 Å². The molecule has 0 spiro atoms. The highest BCUT2D eigenvalue weighted by molar-refractivity contribution is 5.79. The van der Waals surface area contributed by atoms with Crippen LogP contribution in [0.25, 0.3) is 0 Å². The number of carbonyl (C=O) groups excluding carboxylic acids is 1. The third-order valence-corrected chi connectivity index (χ3v) is 4.58. The molecule has 0 aromatic heterocycles. The van der Waals surface area contributed by atoms with Gasteiger partial charge >= 0.3 is 0 Å². The van der Waals surface area contributed by atoms with Crippen molar-refractivity contribution in [3.63, 3.8) is 0 Å². The van der Waals surface area contributed by atoms with Gasteiger partial charge in [0.2, 0.25) is 0 Å². The summed E-state index contributed by atoms with van der Waals surface area (Å²) in [6, 6.07) is 0. The lowest BCUT2D eigenvalue weighted by Gasteiger charge is -2.42. The third kappa shape index (κ3) is 1.31. The molecule has 80 valence electrons. The van der Waals surface area contributed by atoms with Crippen LogP contribution in [0, 0.1) is 17.3 Å². The second-order valence-electron chi connectivity index (χ2n) is 5.31. The zero-order chi connectivity index (χ0) is 10.3. The van der Waals surface area contributed by atoms with Crippen LogP contribution in [-0.2, 0) is 4.79 Å². The molecule has 2 aliphatic carbocycles. The molecule has 0 heterocycles. The quantitative estimate of drug-likeness (QED) is 0.697. The first-order chi connectivity index (χ1) is 6.55. The summed E-state index contributed by atoms with van der Waals surface area (Å²) < 4.78 is 0. The molecular weight excluding hydrogens is 176 g/mol. The van der Waals surface area contributed by atoms with Gasteiger partial charge in [-0.3, -0.25) is 4.79 Å². The lowest BCUT2D eigenvalue weighted by atomic mass is 9.63. The summed E-state index contributed by atoms with van der Waals surface area (Å²) in [7, 11) is 0. The standard InChI is InChI=1S/C12H20O2/c1-8(13)9-5-6-10-11(14)4-3-7-12(9,10)2/h9-11,14H,3-7H2,1-2H3/t9-,10+,11+,12-/m1/s1. The number of fused-ring (bicyclic) bond motifs is 1. The highest BCUT2D eigenvalue weighted by atomic mass is 16.3. The molecule has 2 rings (SSSR count). The molecule has 2 saturated carbocycles. The molecule has 0 aromatic carbocycles. The van der Waals surface area contributed by atoms with E-state index in [-0.39, 0.29) is 17.4 Å². The van der Waals surface area contributed by atoms with E-state index in [2.05, 4.69) is 6.92 Å². The molecule has 14 heavy (non-hydrogen) atoms. The van der Waals surface area contributed by atoms with E-state index in [0.717, 1.165) is 32.1 Å². The van der Waals surface area contributed by atoms with Gasteiger partial charge in [0.25, 0.3) is 0 Å². The monoisotopic (exact) mass is 196 g/mol. The molecule has 0 aliphatic heterocycles. The molecule has 0 saturated heterocycles. The van der Waals surface area contributed by atoms with Crippen LogP contribution in [0.1, 0.15) is 46.0 Å². The van der Waals surface area contributed by atoms with Crippen LogP contribution >= 0.6 is 0 Å². The van der Waals surface area contributed by atoms with E-state index >= 15 is 0 Å². The van der Waals surface area contributed by atoms with Crippen molar-refractivity contribution in [2.45, 2.75) is 52.1 Å². The maximum absolute atomic E-state index is 11.5. The Balaban J connectivity index is 2.24. The molecular formula is C12H20O2.